The quantitative estimate of drug-likeness (QED) is 0.531. The molecule has 1 unspecified atom stereocenters. The molecule has 1 N–H and O–H groups in total. The van der Waals surface area contributed by atoms with E-state index < -0.39 is 22.0 Å². The highest BCUT2D eigenvalue weighted by molar-refractivity contribution is 7.89. The number of nitrogens with one attached hydrogen (secondary N) is 1. The van der Waals surface area contributed by atoms with Gasteiger partial charge in [-0.05, 0) is 73.2 Å². The zero-order valence-corrected chi connectivity index (χ0v) is 23.2. The number of amides is 3. The summed E-state index contributed by atoms with van der Waals surface area (Å²) in [6, 6.07) is 12.7. The number of likely N-dealkylation sites (tertiary alicyclic amines) is 1. The Morgan fingerprint density at radius 2 is 1.70 bits per heavy atom. The van der Waals surface area contributed by atoms with E-state index in [1.165, 1.54) is 9.87 Å². The fourth-order valence-electron chi connectivity index (χ4n) is 6.27. The molecular weight excluding hydrogens is 532 g/mol. The molecule has 0 saturated carbocycles. The highest BCUT2D eigenvalue weighted by atomic mass is 32.2. The molecule has 3 amide bonds. The average Bonchev–Trinajstić information content (AvgIpc) is 3.29. The summed E-state index contributed by atoms with van der Waals surface area (Å²) in [6.07, 6.45) is 2.54. The number of hydrogen-bond donors (Lipinski definition) is 1. The van der Waals surface area contributed by atoms with Crippen LogP contribution in [0.15, 0.2) is 47.4 Å². The highest BCUT2D eigenvalue weighted by Crippen LogP contribution is 2.34. The van der Waals surface area contributed by atoms with Gasteiger partial charge in [0.15, 0.2) is 0 Å². The molecule has 0 spiro atoms. The van der Waals surface area contributed by atoms with Crippen molar-refractivity contribution < 1.29 is 27.5 Å². The number of morpholine rings is 1. The highest BCUT2D eigenvalue weighted by Gasteiger charge is 2.39. The van der Waals surface area contributed by atoms with Crippen LogP contribution in [-0.2, 0) is 37.4 Å². The van der Waals surface area contributed by atoms with Crippen LogP contribution in [0, 0.1) is 0 Å². The maximum atomic E-state index is 13.1. The van der Waals surface area contributed by atoms with Crippen LogP contribution in [0.25, 0.3) is 0 Å². The second-order valence-corrected chi connectivity index (χ2v) is 13.0. The number of fused-ring (bicyclic) bond motifs is 1. The predicted molar refractivity (Wildman–Crippen MR) is 146 cm³/mol. The Morgan fingerprint density at radius 3 is 2.45 bits per heavy atom. The van der Waals surface area contributed by atoms with Crippen molar-refractivity contribution in [3.05, 3.63) is 64.7 Å². The lowest BCUT2D eigenvalue weighted by Gasteiger charge is -2.32. The van der Waals surface area contributed by atoms with E-state index in [1.54, 1.807) is 17.0 Å². The molecule has 3 fully saturated rings. The average molecular weight is 567 g/mol. The Kier molecular flexibility index (Phi) is 7.47. The van der Waals surface area contributed by atoms with Crippen LogP contribution < -0.4 is 5.32 Å². The molecule has 2 aromatic carbocycles. The third kappa shape index (κ3) is 5.30. The van der Waals surface area contributed by atoms with Crippen LogP contribution >= 0.6 is 0 Å². The summed E-state index contributed by atoms with van der Waals surface area (Å²) in [5.41, 5.74) is 3.76. The number of piperidine rings is 2. The minimum atomic E-state index is -3.53. The van der Waals surface area contributed by atoms with Gasteiger partial charge in [-0.1, -0.05) is 24.3 Å². The number of imide groups is 1. The molecule has 0 radical (unpaired) electrons. The number of benzene rings is 2. The van der Waals surface area contributed by atoms with Gasteiger partial charge in [-0.2, -0.15) is 4.31 Å². The van der Waals surface area contributed by atoms with Crippen molar-refractivity contribution in [2.24, 2.45) is 0 Å². The maximum absolute atomic E-state index is 13.1. The van der Waals surface area contributed by atoms with E-state index in [9.17, 15) is 22.8 Å². The number of rotatable bonds is 6. The summed E-state index contributed by atoms with van der Waals surface area (Å²) in [6.45, 7) is 4.47. The van der Waals surface area contributed by atoms with Crippen molar-refractivity contribution in [1.29, 1.82) is 0 Å². The third-order valence-corrected chi connectivity index (χ3v) is 10.4. The number of carbonyl (C=O) groups is 3. The molecule has 1 atom stereocenters. The molecule has 10 nitrogen and oxygen atoms in total. The SMILES string of the molecule is O=C1CCC(N2Cc3cc(C4CCN(Cc5cccc(S(=O)(=O)N6CCOCC6)c5)CC4)ccc3C2=O)C(=O)N1. The summed E-state index contributed by atoms with van der Waals surface area (Å²) in [4.78, 5) is 41.2. The zero-order chi connectivity index (χ0) is 27.9. The lowest BCUT2D eigenvalue weighted by atomic mass is 9.87. The lowest BCUT2D eigenvalue weighted by Crippen LogP contribution is -2.52. The Hall–Kier alpha value is -3.12. The molecule has 0 bridgehead atoms. The normalized spacial score (nSPS) is 23.4. The largest absolute Gasteiger partial charge is 0.379 e. The smallest absolute Gasteiger partial charge is 0.255 e. The third-order valence-electron chi connectivity index (χ3n) is 8.52. The van der Waals surface area contributed by atoms with E-state index in [0.29, 0.717) is 62.2 Å². The van der Waals surface area contributed by atoms with Gasteiger partial charge in [0.25, 0.3) is 5.91 Å². The molecule has 11 heteroatoms. The summed E-state index contributed by atoms with van der Waals surface area (Å²) in [5.74, 6) is -0.461. The first-order valence-corrected chi connectivity index (χ1v) is 15.4. The van der Waals surface area contributed by atoms with Crippen molar-refractivity contribution in [2.75, 3.05) is 39.4 Å². The lowest BCUT2D eigenvalue weighted by molar-refractivity contribution is -0.136. The fraction of sp³-hybridized carbons (Fsp3) is 0.483. The van der Waals surface area contributed by atoms with Crippen LogP contribution in [0.2, 0.25) is 0 Å². The molecule has 3 saturated heterocycles. The first kappa shape index (κ1) is 27.1. The van der Waals surface area contributed by atoms with Crippen molar-refractivity contribution in [3.8, 4) is 0 Å². The molecule has 0 aliphatic carbocycles. The van der Waals surface area contributed by atoms with Crippen LogP contribution in [0.3, 0.4) is 0 Å². The molecule has 6 rings (SSSR count). The van der Waals surface area contributed by atoms with E-state index in [1.807, 2.05) is 24.3 Å². The molecule has 4 heterocycles. The number of ether oxygens (including phenoxy) is 1. The molecule has 4 aliphatic rings. The van der Waals surface area contributed by atoms with Crippen molar-refractivity contribution >= 4 is 27.7 Å². The minimum Gasteiger partial charge on any atom is -0.379 e. The Bertz CT molecular complexity index is 1430. The number of nitrogens with zero attached hydrogens (tertiary/aromatic N) is 3. The van der Waals surface area contributed by atoms with Gasteiger partial charge in [-0.25, -0.2) is 8.42 Å². The number of sulfonamides is 1. The van der Waals surface area contributed by atoms with Crippen molar-refractivity contribution in [3.63, 3.8) is 0 Å². The first-order chi connectivity index (χ1) is 19.3. The Balaban J connectivity index is 1.07. The Morgan fingerprint density at radius 1 is 0.925 bits per heavy atom. The van der Waals surface area contributed by atoms with Crippen LogP contribution in [0.4, 0.5) is 0 Å². The van der Waals surface area contributed by atoms with Gasteiger partial charge in [-0.15, -0.1) is 0 Å². The topological polar surface area (TPSA) is 116 Å². The van der Waals surface area contributed by atoms with Gasteiger partial charge in [0.2, 0.25) is 21.8 Å². The van der Waals surface area contributed by atoms with Gasteiger partial charge in [0, 0.05) is 38.2 Å². The van der Waals surface area contributed by atoms with Gasteiger partial charge >= 0.3 is 0 Å². The number of hydrogen-bond acceptors (Lipinski definition) is 7. The molecule has 4 aliphatic heterocycles. The van der Waals surface area contributed by atoms with E-state index in [0.717, 1.165) is 37.1 Å². The summed E-state index contributed by atoms with van der Waals surface area (Å²) in [5, 5.41) is 2.35. The second kappa shape index (κ2) is 11.0. The summed E-state index contributed by atoms with van der Waals surface area (Å²) in [7, 11) is -3.53. The van der Waals surface area contributed by atoms with Gasteiger partial charge in [0.05, 0.1) is 18.1 Å². The predicted octanol–water partition coefficient (Wildman–Crippen LogP) is 1.85. The van der Waals surface area contributed by atoms with Crippen LogP contribution in [0.5, 0.6) is 0 Å². The van der Waals surface area contributed by atoms with E-state index in [-0.39, 0.29) is 18.2 Å². The second-order valence-electron chi connectivity index (χ2n) is 11.0. The first-order valence-electron chi connectivity index (χ1n) is 14.0. The van der Waals surface area contributed by atoms with Crippen molar-refractivity contribution in [2.45, 2.75) is 55.6 Å². The summed E-state index contributed by atoms with van der Waals surface area (Å²) < 4.78 is 32.9. The molecule has 212 valence electrons. The molecular formula is C29H34N4O6S. The van der Waals surface area contributed by atoms with Gasteiger partial charge < -0.3 is 9.64 Å². The fourth-order valence-corrected chi connectivity index (χ4v) is 7.75. The summed E-state index contributed by atoms with van der Waals surface area (Å²) >= 11 is 0. The Labute approximate surface area is 234 Å². The van der Waals surface area contributed by atoms with Crippen molar-refractivity contribution in [1.82, 2.24) is 19.4 Å². The van der Waals surface area contributed by atoms with Gasteiger partial charge in [0.1, 0.15) is 6.04 Å². The monoisotopic (exact) mass is 566 g/mol. The van der Waals surface area contributed by atoms with Crippen LogP contribution in [0.1, 0.15) is 58.6 Å². The van der Waals surface area contributed by atoms with Gasteiger partial charge in [-0.3, -0.25) is 24.6 Å². The minimum absolute atomic E-state index is 0.149. The molecule has 0 aromatic heterocycles. The zero-order valence-electron chi connectivity index (χ0n) is 22.4. The number of carbonyl (C=O) groups excluding carboxylic acids is 3. The molecule has 2 aromatic rings. The van der Waals surface area contributed by atoms with E-state index >= 15 is 0 Å². The molecule has 40 heavy (non-hydrogen) atoms. The van der Waals surface area contributed by atoms with Crippen LogP contribution in [-0.4, -0.2) is 85.7 Å². The van der Waals surface area contributed by atoms with E-state index in [4.69, 9.17) is 4.74 Å². The van der Waals surface area contributed by atoms with E-state index in [2.05, 4.69) is 16.3 Å². The standard InChI is InChI=1S/C29H34N4O6S/c34-27-7-6-26(28(35)30-27)33-19-23-17-22(4-5-25(23)29(33)36)21-8-10-31(11-9-21)18-20-2-1-3-24(16-20)40(37,38)32-12-14-39-15-13-32/h1-5,16-17,21,26H,6-15,18-19H2,(H,30,34,35). The maximum Gasteiger partial charge on any atom is 0.255 e.